The summed E-state index contributed by atoms with van der Waals surface area (Å²) in [5, 5.41) is 0. The van der Waals surface area contributed by atoms with Crippen LogP contribution in [0, 0.1) is 11.6 Å². The molecule has 0 aliphatic rings. The van der Waals surface area contributed by atoms with Crippen molar-refractivity contribution in [2.75, 3.05) is 6.61 Å². The molecule has 0 aliphatic carbocycles. The summed E-state index contributed by atoms with van der Waals surface area (Å²) in [5.74, 6) is -0.187. The number of hydrogen-bond donors (Lipinski definition) is 0. The lowest BCUT2D eigenvalue weighted by Crippen LogP contribution is -1.98. The quantitative estimate of drug-likeness (QED) is 0.419. The van der Waals surface area contributed by atoms with Crippen molar-refractivity contribution >= 4 is 0 Å². The van der Waals surface area contributed by atoms with E-state index in [1.54, 1.807) is 12.1 Å². The first-order chi connectivity index (χ1) is 13.6. The zero-order valence-electron chi connectivity index (χ0n) is 16.5. The van der Waals surface area contributed by atoms with Crippen LogP contribution in [0.25, 0.3) is 11.1 Å². The van der Waals surface area contributed by atoms with Crippen molar-refractivity contribution in [1.82, 2.24) is 0 Å². The summed E-state index contributed by atoms with van der Waals surface area (Å²) >= 11 is 0. The molecule has 3 heteroatoms. The molecule has 0 unspecified atom stereocenters. The van der Waals surface area contributed by atoms with Gasteiger partial charge in [0.25, 0.3) is 0 Å². The molecule has 0 heterocycles. The molecule has 0 spiro atoms. The highest BCUT2D eigenvalue weighted by Gasteiger charge is 2.13. The van der Waals surface area contributed by atoms with Gasteiger partial charge < -0.3 is 4.74 Å². The third-order valence-electron chi connectivity index (χ3n) is 4.82. The van der Waals surface area contributed by atoms with Gasteiger partial charge in [0.15, 0.2) is 0 Å². The van der Waals surface area contributed by atoms with Gasteiger partial charge in [-0.2, -0.15) is 0 Å². The van der Waals surface area contributed by atoms with E-state index >= 15 is 0 Å². The van der Waals surface area contributed by atoms with Crippen molar-refractivity contribution < 1.29 is 13.5 Å². The van der Waals surface area contributed by atoms with Gasteiger partial charge in [-0.1, -0.05) is 49.7 Å². The molecule has 3 aromatic rings. The number of ether oxygens (including phenoxy) is 1. The second kappa shape index (κ2) is 9.50. The second-order valence-corrected chi connectivity index (χ2v) is 6.96. The van der Waals surface area contributed by atoms with Crippen molar-refractivity contribution in [1.29, 1.82) is 0 Å². The maximum atomic E-state index is 14.7. The van der Waals surface area contributed by atoms with Gasteiger partial charge in [-0.3, -0.25) is 0 Å². The molecule has 0 N–H and O–H groups in total. The van der Waals surface area contributed by atoms with E-state index in [0.717, 1.165) is 30.6 Å². The van der Waals surface area contributed by atoms with Gasteiger partial charge in [0.1, 0.15) is 17.4 Å². The average molecular weight is 380 g/mol. The monoisotopic (exact) mass is 380 g/mol. The third kappa shape index (κ3) is 4.98. The highest BCUT2D eigenvalue weighted by Crippen LogP contribution is 2.28. The van der Waals surface area contributed by atoms with Crippen LogP contribution in [0.15, 0.2) is 60.7 Å². The van der Waals surface area contributed by atoms with Gasteiger partial charge >= 0.3 is 0 Å². The molecule has 0 saturated heterocycles. The summed E-state index contributed by atoms with van der Waals surface area (Å²) in [6.07, 6.45) is 3.31. The normalized spacial score (nSPS) is 10.9. The van der Waals surface area contributed by atoms with Crippen LogP contribution in [-0.4, -0.2) is 6.61 Å². The van der Waals surface area contributed by atoms with Crippen molar-refractivity contribution in [2.24, 2.45) is 0 Å². The minimum Gasteiger partial charge on any atom is -0.494 e. The maximum Gasteiger partial charge on any atom is 0.134 e. The number of hydrogen-bond acceptors (Lipinski definition) is 1. The van der Waals surface area contributed by atoms with Crippen LogP contribution in [0.4, 0.5) is 8.78 Å². The van der Waals surface area contributed by atoms with E-state index < -0.39 is 11.6 Å². The van der Waals surface area contributed by atoms with Gasteiger partial charge in [-0.25, -0.2) is 8.78 Å². The molecule has 0 atom stereocenters. The SMILES string of the molecule is CCCc1ccc(-c2c(F)cc(CCc3ccc(OCC)cc3)cc2F)cc1. The summed E-state index contributed by atoms with van der Waals surface area (Å²) in [6, 6.07) is 18.2. The summed E-state index contributed by atoms with van der Waals surface area (Å²) < 4.78 is 34.7. The van der Waals surface area contributed by atoms with Crippen molar-refractivity contribution in [3.05, 3.63) is 89.0 Å². The molecule has 0 aromatic heterocycles. The molecule has 0 amide bonds. The standard InChI is InChI=1S/C25H26F2O/c1-3-5-18-8-12-21(13-9-18)25-23(26)16-20(17-24(25)27)7-6-19-10-14-22(15-11-19)28-4-2/h8-17H,3-7H2,1-2H3. The lowest BCUT2D eigenvalue weighted by molar-refractivity contribution is 0.340. The van der Waals surface area contributed by atoms with Crippen LogP contribution in [0.2, 0.25) is 0 Å². The topological polar surface area (TPSA) is 9.23 Å². The molecular formula is C25H26F2O. The van der Waals surface area contributed by atoms with Crippen LogP contribution in [0.3, 0.4) is 0 Å². The van der Waals surface area contributed by atoms with E-state index in [9.17, 15) is 8.78 Å². The fraction of sp³-hybridized carbons (Fsp3) is 0.280. The summed E-state index contributed by atoms with van der Waals surface area (Å²) in [4.78, 5) is 0. The Labute approximate surface area is 166 Å². The van der Waals surface area contributed by atoms with Gasteiger partial charge in [0, 0.05) is 0 Å². The van der Waals surface area contributed by atoms with Crippen LogP contribution < -0.4 is 4.74 Å². The summed E-state index contributed by atoms with van der Waals surface area (Å²) in [5.41, 5.74) is 3.58. The molecule has 3 rings (SSSR count). The Bertz CT molecular complexity index is 876. The Morgan fingerprint density at radius 3 is 1.79 bits per heavy atom. The number of halogens is 2. The predicted molar refractivity (Wildman–Crippen MR) is 111 cm³/mol. The highest BCUT2D eigenvalue weighted by atomic mass is 19.1. The fourth-order valence-corrected chi connectivity index (χ4v) is 3.38. The lowest BCUT2D eigenvalue weighted by atomic mass is 9.98. The van der Waals surface area contributed by atoms with Crippen molar-refractivity contribution in [3.8, 4) is 16.9 Å². The largest absolute Gasteiger partial charge is 0.494 e. The third-order valence-corrected chi connectivity index (χ3v) is 4.82. The Balaban J connectivity index is 1.72. The maximum absolute atomic E-state index is 14.7. The Morgan fingerprint density at radius 2 is 1.21 bits per heavy atom. The minimum atomic E-state index is -0.509. The molecule has 146 valence electrons. The molecule has 0 aliphatic heterocycles. The summed E-state index contributed by atoms with van der Waals surface area (Å²) in [7, 11) is 0. The molecule has 28 heavy (non-hydrogen) atoms. The minimum absolute atomic E-state index is 0.0489. The van der Waals surface area contributed by atoms with Crippen LogP contribution in [0.5, 0.6) is 5.75 Å². The van der Waals surface area contributed by atoms with E-state index in [1.807, 2.05) is 43.3 Å². The lowest BCUT2D eigenvalue weighted by Gasteiger charge is -2.10. The van der Waals surface area contributed by atoms with E-state index in [-0.39, 0.29) is 5.56 Å². The van der Waals surface area contributed by atoms with E-state index in [4.69, 9.17) is 4.74 Å². The predicted octanol–water partition coefficient (Wildman–Crippen LogP) is 6.77. The Hall–Kier alpha value is -2.68. The van der Waals surface area contributed by atoms with Crippen molar-refractivity contribution in [2.45, 2.75) is 39.5 Å². The molecule has 3 aromatic carbocycles. The first kappa shape index (κ1) is 20.1. The number of benzene rings is 3. The van der Waals surface area contributed by atoms with Crippen LogP contribution in [0.1, 0.15) is 37.0 Å². The number of rotatable bonds is 8. The van der Waals surface area contributed by atoms with Gasteiger partial charge in [0.05, 0.1) is 12.2 Å². The molecule has 0 fully saturated rings. The molecule has 0 saturated carbocycles. The zero-order chi connectivity index (χ0) is 19.9. The van der Waals surface area contributed by atoms with Crippen LogP contribution >= 0.6 is 0 Å². The molecule has 1 nitrogen and oxygen atoms in total. The van der Waals surface area contributed by atoms with E-state index in [2.05, 4.69) is 6.92 Å². The number of aryl methyl sites for hydroxylation is 3. The van der Waals surface area contributed by atoms with E-state index in [1.165, 1.54) is 17.7 Å². The van der Waals surface area contributed by atoms with Gasteiger partial charge in [-0.05, 0) is 72.7 Å². The Kier molecular flexibility index (Phi) is 6.80. The molecular weight excluding hydrogens is 354 g/mol. The first-order valence-corrected chi connectivity index (χ1v) is 9.89. The second-order valence-electron chi connectivity index (χ2n) is 6.96. The van der Waals surface area contributed by atoms with Crippen molar-refractivity contribution in [3.63, 3.8) is 0 Å². The smallest absolute Gasteiger partial charge is 0.134 e. The zero-order valence-corrected chi connectivity index (χ0v) is 16.5. The van der Waals surface area contributed by atoms with E-state index in [0.29, 0.717) is 24.2 Å². The Morgan fingerprint density at radius 1 is 0.679 bits per heavy atom. The molecule has 0 radical (unpaired) electrons. The summed E-state index contributed by atoms with van der Waals surface area (Å²) in [6.45, 7) is 4.69. The van der Waals surface area contributed by atoms with Crippen LogP contribution in [-0.2, 0) is 19.3 Å². The first-order valence-electron chi connectivity index (χ1n) is 9.89. The highest BCUT2D eigenvalue weighted by molar-refractivity contribution is 5.65. The van der Waals surface area contributed by atoms with Gasteiger partial charge in [-0.15, -0.1) is 0 Å². The average Bonchev–Trinajstić information content (AvgIpc) is 2.69. The fourth-order valence-electron chi connectivity index (χ4n) is 3.38. The van der Waals surface area contributed by atoms with Gasteiger partial charge in [0.2, 0.25) is 0 Å². The molecule has 0 bridgehead atoms.